The summed E-state index contributed by atoms with van der Waals surface area (Å²) in [5.74, 6) is -8.87. The zero-order valence-electron chi connectivity index (χ0n) is 15.8. The summed E-state index contributed by atoms with van der Waals surface area (Å²) in [6.07, 6.45) is 2.48. The van der Waals surface area contributed by atoms with Crippen LogP contribution in [0.4, 0.5) is 17.6 Å². The Morgan fingerprint density at radius 3 is 2.32 bits per heavy atom. The third-order valence-electron chi connectivity index (χ3n) is 4.77. The van der Waals surface area contributed by atoms with Gasteiger partial charge in [-0.05, 0) is 18.2 Å². The molecule has 0 spiro atoms. The molecule has 2 aromatic carbocycles. The topological polar surface area (TPSA) is 68.7 Å². The first-order chi connectivity index (χ1) is 14.8. The zero-order valence-corrected chi connectivity index (χ0v) is 15.8. The second-order valence-corrected chi connectivity index (χ2v) is 6.62. The average molecular weight is 431 g/mol. The van der Waals surface area contributed by atoms with Gasteiger partial charge in [0.15, 0.2) is 0 Å². The third kappa shape index (κ3) is 3.32. The van der Waals surface area contributed by atoms with Crippen LogP contribution in [0.25, 0.3) is 11.1 Å². The molecule has 1 atom stereocenters. The van der Waals surface area contributed by atoms with Crippen LogP contribution in [0, 0.1) is 23.3 Å². The number of esters is 1. The van der Waals surface area contributed by atoms with Crippen LogP contribution >= 0.6 is 0 Å². The van der Waals surface area contributed by atoms with Crippen molar-refractivity contribution >= 4 is 17.1 Å². The Morgan fingerprint density at radius 2 is 1.68 bits per heavy atom. The highest BCUT2D eigenvalue weighted by atomic mass is 19.1. The van der Waals surface area contributed by atoms with Crippen molar-refractivity contribution in [2.24, 2.45) is 0 Å². The van der Waals surface area contributed by atoms with Gasteiger partial charge in [0, 0.05) is 23.9 Å². The second-order valence-electron chi connectivity index (χ2n) is 6.62. The van der Waals surface area contributed by atoms with E-state index in [0.717, 1.165) is 12.1 Å². The lowest BCUT2D eigenvalue weighted by Gasteiger charge is -2.26. The molecule has 0 bridgehead atoms. The summed E-state index contributed by atoms with van der Waals surface area (Å²) in [7, 11) is 1.33. The van der Waals surface area contributed by atoms with E-state index in [1.54, 1.807) is 0 Å². The molecule has 2 heterocycles. The lowest BCUT2D eigenvalue weighted by atomic mass is 9.87. The predicted molar refractivity (Wildman–Crippen MR) is 100 cm³/mol. The zero-order chi connectivity index (χ0) is 22.3. The molecule has 1 aliphatic heterocycles. The highest BCUT2D eigenvalue weighted by molar-refractivity contribution is 6.28. The molecule has 4 rings (SSSR count). The molecule has 0 radical (unpaired) electrons. The highest BCUT2D eigenvalue weighted by Gasteiger charge is 2.51. The molecule has 1 aliphatic rings. The monoisotopic (exact) mass is 431 g/mol. The molecule has 0 aliphatic carbocycles. The molecule has 158 valence electrons. The number of aliphatic hydroxyl groups is 1. The van der Waals surface area contributed by atoms with Crippen molar-refractivity contribution in [3.63, 3.8) is 0 Å². The highest BCUT2D eigenvalue weighted by Crippen LogP contribution is 2.49. The lowest BCUT2D eigenvalue weighted by molar-refractivity contribution is -0.178. The molecule has 31 heavy (non-hydrogen) atoms. The Kier molecular flexibility index (Phi) is 4.98. The second kappa shape index (κ2) is 7.51. The van der Waals surface area contributed by atoms with E-state index in [1.807, 2.05) is 0 Å². The number of hydrogen-bond acceptors (Lipinski definition) is 5. The van der Waals surface area contributed by atoms with E-state index in [4.69, 9.17) is 9.47 Å². The minimum absolute atomic E-state index is 0.0333. The standard InChI is InChI=1S/C22H13F4NO4/c1-30-13-6-11(9-27-10-13)20-19(18-16(25)7-12(23)8-17(18)26)21(28)31-22(20,29)14-4-2-3-5-15(14)24/h2-10,29H,1H3. The molecular formula is C22H13F4NO4. The van der Waals surface area contributed by atoms with Gasteiger partial charge in [0.1, 0.15) is 29.0 Å². The quantitative estimate of drug-likeness (QED) is 0.500. The first-order valence-electron chi connectivity index (χ1n) is 8.86. The maximum absolute atomic E-state index is 14.6. The van der Waals surface area contributed by atoms with Crippen LogP contribution in [-0.4, -0.2) is 23.2 Å². The van der Waals surface area contributed by atoms with Gasteiger partial charge in [0.2, 0.25) is 0 Å². The Balaban J connectivity index is 2.11. The Bertz CT molecular complexity index is 1220. The van der Waals surface area contributed by atoms with Gasteiger partial charge < -0.3 is 14.6 Å². The average Bonchev–Trinajstić information content (AvgIpc) is 2.98. The fourth-order valence-corrected chi connectivity index (χ4v) is 3.45. The summed E-state index contributed by atoms with van der Waals surface area (Å²) in [6, 6.07) is 6.95. The predicted octanol–water partition coefficient (Wildman–Crippen LogP) is 3.96. The number of ether oxygens (including phenoxy) is 2. The summed E-state index contributed by atoms with van der Waals surface area (Å²) < 4.78 is 67.3. The van der Waals surface area contributed by atoms with Gasteiger partial charge >= 0.3 is 5.97 Å². The molecule has 1 unspecified atom stereocenters. The Labute approximate surface area is 173 Å². The summed E-state index contributed by atoms with van der Waals surface area (Å²) in [5.41, 5.74) is -2.65. The van der Waals surface area contributed by atoms with Gasteiger partial charge in [-0.1, -0.05) is 12.1 Å². The SMILES string of the molecule is COc1cncc(C2=C(c3c(F)cc(F)cc3F)C(=O)OC2(O)c2ccccc2F)c1. The first-order valence-corrected chi connectivity index (χ1v) is 8.86. The van der Waals surface area contributed by atoms with E-state index in [9.17, 15) is 27.5 Å². The van der Waals surface area contributed by atoms with Crippen LogP contribution < -0.4 is 4.74 Å². The number of aromatic nitrogens is 1. The number of hydrogen-bond donors (Lipinski definition) is 1. The summed E-state index contributed by atoms with van der Waals surface area (Å²) in [6.45, 7) is 0. The van der Waals surface area contributed by atoms with Crippen molar-refractivity contribution in [1.29, 1.82) is 0 Å². The molecule has 9 heteroatoms. The third-order valence-corrected chi connectivity index (χ3v) is 4.77. The van der Waals surface area contributed by atoms with Gasteiger partial charge in [-0.2, -0.15) is 0 Å². The van der Waals surface area contributed by atoms with Crippen molar-refractivity contribution in [3.05, 3.63) is 94.8 Å². The molecule has 0 amide bonds. The summed E-state index contributed by atoms with van der Waals surface area (Å²) >= 11 is 0. The minimum atomic E-state index is -2.75. The van der Waals surface area contributed by atoms with E-state index >= 15 is 0 Å². The molecule has 1 aromatic heterocycles. The van der Waals surface area contributed by atoms with Crippen molar-refractivity contribution in [1.82, 2.24) is 4.98 Å². The van der Waals surface area contributed by atoms with E-state index in [0.29, 0.717) is 12.1 Å². The van der Waals surface area contributed by atoms with Gasteiger partial charge in [0.05, 0.1) is 35.6 Å². The molecular weight excluding hydrogens is 418 g/mol. The number of carbonyl (C=O) groups excluding carboxylic acids is 1. The van der Waals surface area contributed by atoms with Crippen LogP contribution in [0.15, 0.2) is 54.9 Å². The Hall–Kier alpha value is -3.72. The number of carbonyl (C=O) groups is 1. The maximum atomic E-state index is 14.6. The maximum Gasteiger partial charge on any atom is 0.342 e. The molecule has 3 aromatic rings. The van der Waals surface area contributed by atoms with E-state index in [2.05, 4.69) is 4.98 Å². The number of nitrogens with zero attached hydrogens (tertiary/aromatic N) is 1. The van der Waals surface area contributed by atoms with Crippen molar-refractivity contribution < 1.29 is 36.9 Å². The molecule has 1 N–H and O–H groups in total. The number of pyridine rings is 1. The van der Waals surface area contributed by atoms with Crippen molar-refractivity contribution in [3.8, 4) is 5.75 Å². The van der Waals surface area contributed by atoms with Gasteiger partial charge in [0.25, 0.3) is 5.79 Å². The number of benzene rings is 2. The fourth-order valence-electron chi connectivity index (χ4n) is 3.45. The van der Waals surface area contributed by atoms with Crippen LogP contribution in [0.1, 0.15) is 16.7 Å². The molecule has 0 saturated heterocycles. The van der Waals surface area contributed by atoms with Crippen LogP contribution in [-0.2, 0) is 15.3 Å². The number of cyclic esters (lactones) is 1. The van der Waals surface area contributed by atoms with Crippen LogP contribution in [0.3, 0.4) is 0 Å². The summed E-state index contributed by atoms with van der Waals surface area (Å²) in [5, 5.41) is 11.3. The number of methoxy groups -OCH3 is 1. The molecule has 0 saturated carbocycles. The fraction of sp³-hybridized carbons (Fsp3) is 0.0909. The molecule has 5 nitrogen and oxygen atoms in total. The van der Waals surface area contributed by atoms with Crippen LogP contribution in [0.5, 0.6) is 5.75 Å². The number of rotatable bonds is 4. The molecule has 0 fully saturated rings. The first kappa shape index (κ1) is 20.5. The lowest BCUT2D eigenvalue weighted by Crippen LogP contribution is -2.29. The summed E-state index contributed by atoms with van der Waals surface area (Å²) in [4.78, 5) is 16.7. The smallest absolute Gasteiger partial charge is 0.342 e. The minimum Gasteiger partial charge on any atom is -0.495 e. The van der Waals surface area contributed by atoms with E-state index in [-0.39, 0.29) is 11.3 Å². The Morgan fingerprint density at radius 1 is 1.00 bits per heavy atom. The van der Waals surface area contributed by atoms with Crippen LogP contribution in [0.2, 0.25) is 0 Å². The number of halogens is 4. The normalized spacial score (nSPS) is 18.3. The van der Waals surface area contributed by atoms with Gasteiger partial charge in [-0.25, -0.2) is 22.4 Å². The van der Waals surface area contributed by atoms with Gasteiger partial charge in [-0.3, -0.25) is 4.98 Å². The van der Waals surface area contributed by atoms with Crippen molar-refractivity contribution in [2.45, 2.75) is 5.79 Å². The van der Waals surface area contributed by atoms with Crippen molar-refractivity contribution in [2.75, 3.05) is 7.11 Å². The largest absolute Gasteiger partial charge is 0.495 e. The van der Waals surface area contributed by atoms with E-state index in [1.165, 1.54) is 37.7 Å². The van der Waals surface area contributed by atoms with Gasteiger partial charge in [-0.15, -0.1) is 0 Å². The van der Waals surface area contributed by atoms with E-state index < -0.39 is 57.3 Å².